The Kier molecular flexibility index (Phi) is 5.25. The van der Waals surface area contributed by atoms with E-state index < -0.39 is 0 Å². The quantitative estimate of drug-likeness (QED) is 0.541. The lowest BCUT2D eigenvalue weighted by atomic mass is 9.96. The molecule has 4 rings (SSSR count). The van der Waals surface area contributed by atoms with Crippen molar-refractivity contribution in [2.24, 2.45) is 0 Å². The number of aromatic hydroxyl groups is 1. The third-order valence-electron chi connectivity index (χ3n) is 5.05. The van der Waals surface area contributed by atoms with Crippen LogP contribution in [0.5, 0.6) is 5.75 Å². The number of pyridine rings is 2. The third kappa shape index (κ3) is 3.57. The van der Waals surface area contributed by atoms with E-state index in [-0.39, 0.29) is 11.3 Å². The summed E-state index contributed by atoms with van der Waals surface area (Å²) >= 11 is 0. The maximum Gasteiger partial charge on any atom is 0.264 e. The fraction of sp³-hybridized carbons (Fsp3) is 0.120. The van der Waals surface area contributed by atoms with Crippen LogP contribution < -0.4 is 5.56 Å². The predicted molar refractivity (Wildman–Crippen MR) is 116 cm³/mol. The minimum absolute atomic E-state index is 0.0763. The van der Waals surface area contributed by atoms with E-state index in [2.05, 4.69) is 4.98 Å². The highest BCUT2D eigenvalue weighted by Gasteiger charge is 2.23. The molecule has 4 nitrogen and oxygen atoms in total. The second-order valence-electron chi connectivity index (χ2n) is 6.86. The molecule has 2 aromatic carbocycles. The number of hydrogen-bond donors (Lipinski definition) is 1. The van der Waals surface area contributed by atoms with Crippen molar-refractivity contribution < 1.29 is 5.11 Å². The smallest absolute Gasteiger partial charge is 0.264 e. The van der Waals surface area contributed by atoms with Crippen molar-refractivity contribution in [3.05, 3.63) is 112 Å². The summed E-state index contributed by atoms with van der Waals surface area (Å²) in [5, 5.41) is 11.1. The highest BCUT2D eigenvalue weighted by atomic mass is 16.3. The maximum atomic E-state index is 13.6. The number of benzene rings is 2. The van der Waals surface area contributed by atoms with E-state index in [0.29, 0.717) is 29.9 Å². The SMILES string of the molecule is CCc1c(O)c(Cc2ccccc2)c(=O)n(-c2ccccn2)c1-c1ccccc1. The Morgan fingerprint density at radius 3 is 2.14 bits per heavy atom. The van der Waals surface area contributed by atoms with Gasteiger partial charge < -0.3 is 5.11 Å². The first-order chi connectivity index (χ1) is 14.2. The van der Waals surface area contributed by atoms with Crippen molar-refractivity contribution in [1.82, 2.24) is 9.55 Å². The van der Waals surface area contributed by atoms with Crippen LogP contribution in [0.2, 0.25) is 0 Å². The molecule has 0 amide bonds. The van der Waals surface area contributed by atoms with Crippen molar-refractivity contribution in [3.8, 4) is 22.8 Å². The first-order valence-corrected chi connectivity index (χ1v) is 9.71. The van der Waals surface area contributed by atoms with Crippen LogP contribution in [-0.2, 0) is 12.8 Å². The molecule has 0 spiro atoms. The Morgan fingerprint density at radius 1 is 0.862 bits per heavy atom. The standard InChI is InChI=1S/C25H22N2O2/c1-2-20-23(19-13-7-4-8-14-19)27(22-15-9-10-16-26-22)25(29)21(24(20)28)17-18-11-5-3-6-12-18/h3-16,28H,2,17H2,1H3. The lowest BCUT2D eigenvalue weighted by Gasteiger charge is -2.20. The van der Waals surface area contributed by atoms with Crippen LogP contribution in [0.4, 0.5) is 0 Å². The minimum atomic E-state index is -0.249. The first kappa shape index (κ1) is 18.7. The van der Waals surface area contributed by atoms with Crippen molar-refractivity contribution in [3.63, 3.8) is 0 Å². The Bertz CT molecular complexity index is 1170. The zero-order valence-electron chi connectivity index (χ0n) is 16.2. The van der Waals surface area contributed by atoms with Crippen LogP contribution in [0, 0.1) is 0 Å². The van der Waals surface area contributed by atoms with Gasteiger partial charge in [0.25, 0.3) is 5.56 Å². The monoisotopic (exact) mass is 382 g/mol. The predicted octanol–water partition coefficient (Wildman–Crippen LogP) is 4.76. The largest absolute Gasteiger partial charge is 0.507 e. The van der Waals surface area contributed by atoms with Gasteiger partial charge in [0, 0.05) is 18.2 Å². The number of aromatic nitrogens is 2. The molecular weight excluding hydrogens is 360 g/mol. The molecule has 0 saturated heterocycles. The number of nitrogens with zero attached hydrogens (tertiary/aromatic N) is 2. The van der Waals surface area contributed by atoms with Gasteiger partial charge in [-0.25, -0.2) is 4.98 Å². The fourth-order valence-electron chi connectivity index (χ4n) is 3.67. The van der Waals surface area contributed by atoms with Crippen LogP contribution in [-0.4, -0.2) is 14.7 Å². The molecule has 0 aliphatic carbocycles. The van der Waals surface area contributed by atoms with Gasteiger partial charge in [-0.15, -0.1) is 0 Å². The average molecular weight is 382 g/mol. The second-order valence-corrected chi connectivity index (χ2v) is 6.86. The van der Waals surface area contributed by atoms with Gasteiger partial charge in [-0.3, -0.25) is 9.36 Å². The molecule has 29 heavy (non-hydrogen) atoms. The van der Waals surface area contributed by atoms with Gasteiger partial charge >= 0.3 is 0 Å². The van der Waals surface area contributed by atoms with E-state index in [9.17, 15) is 9.90 Å². The molecule has 0 saturated carbocycles. The molecular formula is C25H22N2O2. The van der Waals surface area contributed by atoms with Crippen molar-refractivity contribution in [2.45, 2.75) is 19.8 Å². The fourth-order valence-corrected chi connectivity index (χ4v) is 3.67. The van der Waals surface area contributed by atoms with Gasteiger partial charge in [-0.2, -0.15) is 0 Å². The Labute approximate surface area is 169 Å². The van der Waals surface area contributed by atoms with Crippen LogP contribution in [0.1, 0.15) is 23.6 Å². The third-order valence-corrected chi connectivity index (χ3v) is 5.05. The zero-order valence-corrected chi connectivity index (χ0v) is 16.2. The average Bonchev–Trinajstić information content (AvgIpc) is 2.78. The molecule has 2 heterocycles. The summed E-state index contributed by atoms with van der Waals surface area (Å²) in [7, 11) is 0. The Balaban J connectivity index is 2.05. The Morgan fingerprint density at radius 2 is 1.52 bits per heavy atom. The summed E-state index contributed by atoms with van der Waals surface area (Å²) in [6, 6.07) is 24.9. The summed E-state index contributed by atoms with van der Waals surface area (Å²) in [4.78, 5) is 18.1. The Hall–Kier alpha value is -3.66. The molecule has 0 aliphatic rings. The van der Waals surface area contributed by atoms with Crippen LogP contribution in [0.15, 0.2) is 89.9 Å². The molecule has 0 bridgehead atoms. The minimum Gasteiger partial charge on any atom is -0.507 e. The van der Waals surface area contributed by atoms with E-state index in [4.69, 9.17) is 0 Å². The summed E-state index contributed by atoms with van der Waals surface area (Å²) in [5.74, 6) is 0.618. The summed E-state index contributed by atoms with van der Waals surface area (Å²) in [5.41, 5.74) is 3.41. The van der Waals surface area contributed by atoms with E-state index in [1.807, 2.05) is 85.8 Å². The summed E-state index contributed by atoms with van der Waals surface area (Å²) in [6.45, 7) is 1.99. The van der Waals surface area contributed by atoms with Gasteiger partial charge in [-0.05, 0) is 29.7 Å². The van der Waals surface area contributed by atoms with Gasteiger partial charge in [0.2, 0.25) is 0 Å². The van der Waals surface area contributed by atoms with Gasteiger partial charge in [0.15, 0.2) is 0 Å². The molecule has 0 unspecified atom stereocenters. The molecule has 1 N–H and O–H groups in total. The number of rotatable bonds is 5. The molecule has 0 fully saturated rings. The van der Waals surface area contributed by atoms with Crippen LogP contribution in [0.3, 0.4) is 0 Å². The highest BCUT2D eigenvalue weighted by Crippen LogP contribution is 2.33. The van der Waals surface area contributed by atoms with E-state index in [0.717, 1.165) is 16.7 Å². The lowest BCUT2D eigenvalue weighted by molar-refractivity contribution is 0.460. The van der Waals surface area contributed by atoms with Gasteiger partial charge in [0.1, 0.15) is 11.6 Å². The zero-order chi connectivity index (χ0) is 20.2. The molecule has 2 aromatic heterocycles. The summed E-state index contributed by atoms with van der Waals surface area (Å²) in [6.07, 6.45) is 2.62. The lowest BCUT2D eigenvalue weighted by Crippen LogP contribution is -2.26. The first-order valence-electron chi connectivity index (χ1n) is 9.71. The van der Waals surface area contributed by atoms with E-state index in [1.54, 1.807) is 10.8 Å². The van der Waals surface area contributed by atoms with Crippen LogP contribution >= 0.6 is 0 Å². The highest BCUT2D eigenvalue weighted by molar-refractivity contribution is 5.69. The van der Waals surface area contributed by atoms with Crippen LogP contribution in [0.25, 0.3) is 17.1 Å². The molecule has 4 aromatic rings. The number of hydrogen-bond acceptors (Lipinski definition) is 3. The topological polar surface area (TPSA) is 55.1 Å². The van der Waals surface area contributed by atoms with Crippen molar-refractivity contribution in [1.29, 1.82) is 0 Å². The molecule has 4 heteroatoms. The van der Waals surface area contributed by atoms with E-state index in [1.165, 1.54) is 0 Å². The molecule has 0 radical (unpaired) electrons. The summed E-state index contributed by atoms with van der Waals surface area (Å²) < 4.78 is 1.63. The maximum absolute atomic E-state index is 13.6. The van der Waals surface area contributed by atoms with E-state index >= 15 is 0 Å². The van der Waals surface area contributed by atoms with Gasteiger partial charge in [-0.1, -0.05) is 73.7 Å². The normalized spacial score (nSPS) is 10.8. The van der Waals surface area contributed by atoms with Crippen molar-refractivity contribution >= 4 is 0 Å². The van der Waals surface area contributed by atoms with Crippen molar-refractivity contribution in [2.75, 3.05) is 0 Å². The molecule has 0 aliphatic heterocycles. The molecule has 144 valence electrons. The van der Waals surface area contributed by atoms with Gasteiger partial charge in [0.05, 0.1) is 11.3 Å². The molecule has 0 atom stereocenters. The second kappa shape index (κ2) is 8.15.